The van der Waals surface area contributed by atoms with E-state index in [0.29, 0.717) is 0 Å². The number of hydrogen-bond acceptors (Lipinski definition) is 5. The molecular formula is C8H12N4O4S. The van der Waals surface area contributed by atoms with Crippen LogP contribution in [0.15, 0.2) is 18.7 Å². The van der Waals surface area contributed by atoms with Crippen molar-refractivity contribution < 1.29 is 18.3 Å². The van der Waals surface area contributed by atoms with E-state index in [1.807, 2.05) is 0 Å². The van der Waals surface area contributed by atoms with Crippen molar-refractivity contribution in [3.05, 3.63) is 18.7 Å². The summed E-state index contributed by atoms with van der Waals surface area (Å²) in [6.45, 7) is -0.113. The number of nitrogens with zero attached hydrogens (tertiary/aromatic N) is 3. The zero-order valence-electron chi connectivity index (χ0n) is 9.07. The molecule has 0 aliphatic heterocycles. The Morgan fingerprint density at radius 3 is 2.59 bits per heavy atom. The van der Waals surface area contributed by atoms with Crippen LogP contribution >= 0.6 is 0 Å². The van der Waals surface area contributed by atoms with E-state index in [1.165, 1.54) is 25.8 Å². The van der Waals surface area contributed by atoms with Gasteiger partial charge in [-0.15, -0.1) is 0 Å². The molecule has 9 heteroatoms. The molecule has 0 atom stereocenters. The lowest BCUT2D eigenvalue weighted by Gasteiger charge is -2.16. The smallest absolute Gasteiger partial charge is 0.304 e. The van der Waals surface area contributed by atoms with Gasteiger partial charge in [0.15, 0.2) is 0 Å². The van der Waals surface area contributed by atoms with Crippen LogP contribution in [-0.4, -0.2) is 47.4 Å². The molecule has 8 nitrogen and oxygen atoms in total. The van der Waals surface area contributed by atoms with E-state index in [-0.39, 0.29) is 18.7 Å². The highest BCUT2D eigenvalue weighted by atomic mass is 32.2. The van der Waals surface area contributed by atoms with Crippen LogP contribution in [0.2, 0.25) is 0 Å². The van der Waals surface area contributed by atoms with E-state index in [1.54, 1.807) is 0 Å². The fraction of sp³-hybridized carbons (Fsp3) is 0.375. The topological polar surface area (TPSA) is 112 Å². The molecule has 1 aromatic rings. The standard InChI is InChI=1S/C8H12N4O4S/c1-12(3-2-8(13)14)17(15,16)11-7-4-9-6-10-5-7/h4-6,11H,2-3H2,1H3,(H,13,14). The number of carboxylic acid groups (broad SMARTS) is 1. The zero-order valence-corrected chi connectivity index (χ0v) is 9.88. The number of carboxylic acids is 1. The van der Waals surface area contributed by atoms with Crippen molar-refractivity contribution in [1.82, 2.24) is 14.3 Å². The summed E-state index contributed by atoms with van der Waals surface area (Å²) in [5.74, 6) is -1.06. The van der Waals surface area contributed by atoms with Gasteiger partial charge in [-0.3, -0.25) is 9.52 Å². The fourth-order valence-electron chi connectivity index (χ4n) is 0.952. The van der Waals surface area contributed by atoms with Gasteiger partial charge in [0, 0.05) is 13.6 Å². The highest BCUT2D eigenvalue weighted by molar-refractivity contribution is 7.90. The first-order valence-electron chi connectivity index (χ1n) is 4.62. The van der Waals surface area contributed by atoms with Crippen LogP contribution in [0, 0.1) is 0 Å². The predicted octanol–water partition coefficient (Wildman–Crippen LogP) is -0.460. The van der Waals surface area contributed by atoms with Gasteiger partial charge in [-0.25, -0.2) is 9.97 Å². The second-order valence-electron chi connectivity index (χ2n) is 3.20. The van der Waals surface area contributed by atoms with Gasteiger partial charge in [-0.1, -0.05) is 0 Å². The fourth-order valence-corrected chi connectivity index (χ4v) is 1.84. The average Bonchev–Trinajstić information content (AvgIpc) is 2.26. The molecule has 17 heavy (non-hydrogen) atoms. The summed E-state index contributed by atoms with van der Waals surface area (Å²) >= 11 is 0. The second-order valence-corrected chi connectivity index (χ2v) is 4.98. The Morgan fingerprint density at radius 1 is 1.47 bits per heavy atom. The third kappa shape index (κ3) is 4.33. The number of rotatable bonds is 6. The highest BCUT2D eigenvalue weighted by Gasteiger charge is 2.18. The number of carbonyl (C=O) groups is 1. The summed E-state index contributed by atoms with van der Waals surface area (Å²) < 4.78 is 26.5. The van der Waals surface area contributed by atoms with Crippen molar-refractivity contribution >= 4 is 21.9 Å². The maximum atomic E-state index is 11.7. The molecule has 0 aliphatic carbocycles. The zero-order chi connectivity index (χ0) is 12.9. The molecular weight excluding hydrogens is 248 g/mol. The minimum atomic E-state index is -3.77. The van der Waals surface area contributed by atoms with E-state index in [9.17, 15) is 13.2 Å². The summed E-state index contributed by atoms with van der Waals surface area (Å²) in [4.78, 5) is 17.6. The molecule has 1 aromatic heterocycles. The Bertz CT molecular complexity index is 476. The van der Waals surface area contributed by atoms with Crippen LogP contribution in [0.1, 0.15) is 6.42 Å². The maximum absolute atomic E-state index is 11.7. The van der Waals surface area contributed by atoms with E-state index in [0.717, 1.165) is 4.31 Å². The number of anilines is 1. The summed E-state index contributed by atoms with van der Waals surface area (Å²) in [5.41, 5.74) is 0.217. The Morgan fingerprint density at radius 2 is 2.06 bits per heavy atom. The van der Waals surface area contributed by atoms with E-state index < -0.39 is 16.2 Å². The first kappa shape index (κ1) is 13.3. The molecule has 1 rings (SSSR count). The van der Waals surface area contributed by atoms with E-state index in [2.05, 4.69) is 14.7 Å². The summed E-state index contributed by atoms with van der Waals surface area (Å²) in [6.07, 6.45) is 3.61. The molecule has 94 valence electrons. The third-order valence-electron chi connectivity index (χ3n) is 1.86. The maximum Gasteiger partial charge on any atom is 0.304 e. The summed E-state index contributed by atoms with van der Waals surface area (Å²) in [5, 5.41) is 8.46. The molecule has 0 saturated carbocycles. The molecule has 0 aromatic carbocycles. The van der Waals surface area contributed by atoms with E-state index in [4.69, 9.17) is 5.11 Å². The van der Waals surface area contributed by atoms with Crippen LogP contribution in [-0.2, 0) is 15.0 Å². The number of aliphatic carboxylic acids is 1. The molecule has 0 fully saturated rings. The predicted molar refractivity (Wildman–Crippen MR) is 59.5 cm³/mol. The lowest BCUT2D eigenvalue weighted by atomic mass is 10.4. The Hall–Kier alpha value is -1.74. The van der Waals surface area contributed by atoms with Gasteiger partial charge in [-0.05, 0) is 0 Å². The van der Waals surface area contributed by atoms with Crippen molar-refractivity contribution in [2.75, 3.05) is 18.3 Å². The molecule has 1 heterocycles. The number of hydrogen-bond donors (Lipinski definition) is 2. The van der Waals surface area contributed by atoms with Crippen LogP contribution < -0.4 is 4.72 Å². The van der Waals surface area contributed by atoms with Gasteiger partial charge in [0.05, 0.1) is 24.5 Å². The second kappa shape index (κ2) is 5.55. The van der Waals surface area contributed by atoms with Gasteiger partial charge in [-0.2, -0.15) is 12.7 Å². The number of nitrogens with one attached hydrogen (secondary N) is 1. The quantitative estimate of drug-likeness (QED) is 0.715. The van der Waals surface area contributed by atoms with Crippen molar-refractivity contribution in [2.24, 2.45) is 0 Å². The van der Waals surface area contributed by atoms with Gasteiger partial charge in [0.2, 0.25) is 0 Å². The van der Waals surface area contributed by atoms with Crippen LogP contribution in [0.25, 0.3) is 0 Å². The normalized spacial score (nSPS) is 11.4. The van der Waals surface area contributed by atoms with Crippen molar-refractivity contribution in [2.45, 2.75) is 6.42 Å². The van der Waals surface area contributed by atoms with Gasteiger partial charge in [0.1, 0.15) is 6.33 Å². The summed E-state index contributed by atoms with van der Waals surface area (Å²) in [6, 6.07) is 0. The van der Waals surface area contributed by atoms with Crippen LogP contribution in [0.4, 0.5) is 5.69 Å². The molecule has 0 radical (unpaired) electrons. The first-order valence-corrected chi connectivity index (χ1v) is 6.06. The monoisotopic (exact) mass is 260 g/mol. The lowest BCUT2D eigenvalue weighted by molar-refractivity contribution is -0.137. The Labute approximate surface area is 98.5 Å². The molecule has 0 unspecified atom stereocenters. The molecule has 0 aliphatic rings. The van der Waals surface area contributed by atoms with E-state index >= 15 is 0 Å². The van der Waals surface area contributed by atoms with Crippen LogP contribution in [0.3, 0.4) is 0 Å². The molecule has 0 saturated heterocycles. The van der Waals surface area contributed by atoms with Gasteiger partial charge < -0.3 is 5.11 Å². The van der Waals surface area contributed by atoms with Crippen molar-refractivity contribution in [3.8, 4) is 0 Å². The molecule has 2 N–H and O–H groups in total. The minimum absolute atomic E-state index is 0.113. The largest absolute Gasteiger partial charge is 0.481 e. The van der Waals surface area contributed by atoms with Crippen LogP contribution in [0.5, 0.6) is 0 Å². The number of aromatic nitrogens is 2. The summed E-state index contributed by atoms with van der Waals surface area (Å²) in [7, 11) is -2.48. The molecule has 0 spiro atoms. The highest BCUT2D eigenvalue weighted by Crippen LogP contribution is 2.07. The van der Waals surface area contributed by atoms with Gasteiger partial charge in [0.25, 0.3) is 0 Å². The molecule has 0 amide bonds. The SMILES string of the molecule is CN(CCC(=O)O)S(=O)(=O)Nc1cncnc1. The lowest BCUT2D eigenvalue weighted by Crippen LogP contribution is -2.34. The third-order valence-corrected chi connectivity index (χ3v) is 3.36. The Kier molecular flexibility index (Phi) is 4.35. The van der Waals surface area contributed by atoms with Crippen molar-refractivity contribution in [3.63, 3.8) is 0 Å². The Balaban J connectivity index is 2.65. The first-order chi connectivity index (χ1) is 7.92. The van der Waals surface area contributed by atoms with Crippen molar-refractivity contribution in [1.29, 1.82) is 0 Å². The minimum Gasteiger partial charge on any atom is -0.481 e. The van der Waals surface area contributed by atoms with Gasteiger partial charge >= 0.3 is 16.2 Å². The molecule has 0 bridgehead atoms. The average molecular weight is 260 g/mol.